The van der Waals surface area contributed by atoms with E-state index in [1.54, 1.807) is 0 Å². The van der Waals surface area contributed by atoms with Crippen LogP contribution in [0.15, 0.2) is 6.07 Å². The molecule has 16 heavy (non-hydrogen) atoms. The molecule has 90 valence electrons. The maximum absolute atomic E-state index is 5.46. The number of aryl methyl sites for hydroxylation is 2. The van der Waals surface area contributed by atoms with Crippen LogP contribution >= 0.6 is 0 Å². The van der Waals surface area contributed by atoms with Gasteiger partial charge in [0.1, 0.15) is 0 Å². The zero-order valence-corrected chi connectivity index (χ0v) is 10.4. The Labute approximate surface area is 97.0 Å². The number of hydrogen-bond donors (Lipinski definition) is 1. The summed E-state index contributed by atoms with van der Waals surface area (Å²) < 4.78 is 7.46. The van der Waals surface area contributed by atoms with Crippen molar-refractivity contribution < 1.29 is 4.74 Å². The number of hydrogen-bond acceptors (Lipinski definition) is 3. The summed E-state index contributed by atoms with van der Waals surface area (Å²) in [7, 11) is 4.04. The van der Waals surface area contributed by atoms with Crippen molar-refractivity contribution in [1.29, 1.82) is 0 Å². The zero-order chi connectivity index (χ0) is 11.5. The van der Waals surface area contributed by atoms with Crippen LogP contribution in [0.25, 0.3) is 0 Å². The van der Waals surface area contributed by atoms with Gasteiger partial charge in [-0.2, -0.15) is 5.10 Å². The third kappa shape index (κ3) is 2.13. The largest absolute Gasteiger partial charge is 0.381 e. The van der Waals surface area contributed by atoms with Crippen molar-refractivity contribution in [3.63, 3.8) is 0 Å². The molecular weight excluding hydrogens is 202 g/mol. The standard InChI is InChI=1S/C12H21N3O/c1-4-10-7-11(15(3)14-10)12(13-2)9-5-6-16-8-9/h7,9,12-13H,4-6,8H2,1-3H3. The van der Waals surface area contributed by atoms with Crippen LogP contribution < -0.4 is 5.32 Å². The van der Waals surface area contributed by atoms with E-state index in [9.17, 15) is 0 Å². The Morgan fingerprint density at radius 2 is 2.50 bits per heavy atom. The third-order valence-electron chi connectivity index (χ3n) is 3.39. The highest BCUT2D eigenvalue weighted by Crippen LogP contribution is 2.28. The molecule has 2 unspecified atom stereocenters. The first-order chi connectivity index (χ1) is 7.76. The number of nitrogens with zero attached hydrogens (tertiary/aromatic N) is 2. The third-order valence-corrected chi connectivity index (χ3v) is 3.39. The first-order valence-electron chi connectivity index (χ1n) is 6.04. The molecule has 1 N–H and O–H groups in total. The average molecular weight is 223 g/mol. The lowest BCUT2D eigenvalue weighted by molar-refractivity contribution is 0.177. The van der Waals surface area contributed by atoms with Crippen molar-refractivity contribution >= 4 is 0 Å². The Bertz CT molecular complexity index is 342. The Morgan fingerprint density at radius 3 is 3.00 bits per heavy atom. The van der Waals surface area contributed by atoms with Crippen molar-refractivity contribution in [3.05, 3.63) is 17.5 Å². The second-order valence-electron chi connectivity index (χ2n) is 4.43. The molecule has 0 bridgehead atoms. The minimum absolute atomic E-state index is 0.361. The fraction of sp³-hybridized carbons (Fsp3) is 0.750. The fourth-order valence-electron chi connectivity index (χ4n) is 2.45. The van der Waals surface area contributed by atoms with Gasteiger partial charge in [0.2, 0.25) is 0 Å². The maximum atomic E-state index is 5.46. The summed E-state index contributed by atoms with van der Waals surface area (Å²) in [6.45, 7) is 3.89. The molecular formula is C12H21N3O. The van der Waals surface area contributed by atoms with Gasteiger partial charge in [-0.3, -0.25) is 4.68 Å². The number of nitrogens with one attached hydrogen (secondary N) is 1. The van der Waals surface area contributed by atoms with Crippen LogP contribution in [-0.4, -0.2) is 30.0 Å². The lowest BCUT2D eigenvalue weighted by Gasteiger charge is -2.21. The van der Waals surface area contributed by atoms with Crippen molar-refractivity contribution in [2.24, 2.45) is 13.0 Å². The lowest BCUT2D eigenvalue weighted by atomic mass is 9.96. The topological polar surface area (TPSA) is 39.1 Å². The van der Waals surface area contributed by atoms with Gasteiger partial charge in [0.15, 0.2) is 0 Å². The molecule has 1 aromatic heterocycles. The van der Waals surface area contributed by atoms with Gasteiger partial charge in [0.05, 0.1) is 24.0 Å². The Morgan fingerprint density at radius 1 is 1.69 bits per heavy atom. The maximum Gasteiger partial charge on any atom is 0.0625 e. The van der Waals surface area contributed by atoms with Crippen LogP contribution in [-0.2, 0) is 18.2 Å². The van der Waals surface area contributed by atoms with E-state index < -0.39 is 0 Å². The number of ether oxygens (including phenoxy) is 1. The minimum Gasteiger partial charge on any atom is -0.381 e. The summed E-state index contributed by atoms with van der Waals surface area (Å²) in [6, 6.07) is 2.57. The van der Waals surface area contributed by atoms with Gasteiger partial charge in [-0.05, 0) is 26.0 Å². The highest BCUT2D eigenvalue weighted by atomic mass is 16.5. The fourth-order valence-corrected chi connectivity index (χ4v) is 2.45. The van der Waals surface area contributed by atoms with Crippen LogP contribution in [0.4, 0.5) is 0 Å². The van der Waals surface area contributed by atoms with Gasteiger partial charge in [0, 0.05) is 19.6 Å². The van der Waals surface area contributed by atoms with E-state index in [0.29, 0.717) is 12.0 Å². The summed E-state index contributed by atoms with van der Waals surface area (Å²) in [6.07, 6.45) is 2.13. The molecule has 2 heterocycles. The first-order valence-corrected chi connectivity index (χ1v) is 6.04. The molecule has 1 saturated heterocycles. The molecule has 1 aliphatic heterocycles. The van der Waals surface area contributed by atoms with Crippen molar-refractivity contribution in [2.75, 3.05) is 20.3 Å². The van der Waals surface area contributed by atoms with Gasteiger partial charge in [-0.15, -0.1) is 0 Å². The monoisotopic (exact) mass is 223 g/mol. The Balaban J connectivity index is 2.21. The molecule has 1 fully saturated rings. The molecule has 0 radical (unpaired) electrons. The first kappa shape index (κ1) is 11.6. The molecule has 0 amide bonds. The Kier molecular flexibility index (Phi) is 3.61. The molecule has 0 aromatic carbocycles. The average Bonchev–Trinajstić information content (AvgIpc) is 2.91. The van der Waals surface area contributed by atoms with Crippen LogP contribution in [0.2, 0.25) is 0 Å². The van der Waals surface area contributed by atoms with E-state index in [-0.39, 0.29) is 0 Å². The second kappa shape index (κ2) is 4.97. The summed E-state index contributed by atoms with van der Waals surface area (Å²) >= 11 is 0. The smallest absolute Gasteiger partial charge is 0.0625 e. The summed E-state index contributed by atoms with van der Waals surface area (Å²) in [5.41, 5.74) is 2.44. The number of rotatable bonds is 4. The van der Waals surface area contributed by atoms with E-state index in [1.165, 1.54) is 5.69 Å². The molecule has 4 heteroatoms. The van der Waals surface area contributed by atoms with Gasteiger partial charge in [-0.25, -0.2) is 0 Å². The van der Waals surface area contributed by atoms with Crippen molar-refractivity contribution in [2.45, 2.75) is 25.8 Å². The molecule has 2 rings (SSSR count). The lowest BCUT2D eigenvalue weighted by Crippen LogP contribution is -2.27. The van der Waals surface area contributed by atoms with Crippen molar-refractivity contribution in [1.82, 2.24) is 15.1 Å². The Hall–Kier alpha value is -0.870. The molecule has 2 atom stereocenters. The van der Waals surface area contributed by atoms with Gasteiger partial charge >= 0.3 is 0 Å². The van der Waals surface area contributed by atoms with Crippen LogP contribution in [0.3, 0.4) is 0 Å². The van der Waals surface area contributed by atoms with Gasteiger partial charge < -0.3 is 10.1 Å². The van der Waals surface area contributed by atoms with Crippen LogP contribution in [0, 0.1) is 5.92 Å². The molecule has 4 nitrogen and oxygen atoms in total. The predicted molar refractivity (Wildman–Crippen MR) is 63.3 cm³/mol. The highest BCUT2D eigenvalue weighted by molar-refractivity contribution is 5.15. The van der Waals surface area contributed by atoms with Gasteiger partial charge in [-0.1, -0.05) is 6.92 Å². The van der Waals surface area contributed by atoms with Crippen LogP contribution in [0.1, 0.15) is 30.8 Å². The second-order valence-corrected chi connectivity index (χ2v) is 4.43. The SMILES string of the molecule is CCc1cc(C(NC)C2CCOC2)n(C)n1. The molecule has 0 spiro atoms. The van der Waals surface area contributed by atoms with E-state index in [0.717, 1.165) is 31.7 Å². The van der Waals surface area contributed by atoms with Crippen LogP contribution in [0.5, 0.6) is 0 Å². The van der Waals surface area contributed by atoms with E-state index >= 15 is 0 Å². The zero-order valence-electron chi connectivity index (χ0n) is 10.4. The number of aromatic nitrogens is 2. The van der Waals surface area contributed by atoms with E-state index in [1.807, 2.05) is 18.8 Å². The summed E-state index contributed by atoms with van der Waals surface area (Å²) in [4.78, 5) is 0. The molecule has 1 aromatic rings. The van der Waals surface area contributed by atoms with E-state index in [2.05, 4.69) is 23.4 Å². The molecule has 1 aliphatic rings. The predicted octanol–water partition coefficient (Wildman–Crippen LogP) is 1.28. The van der Waals surface area contributed by atoms with E-state index in [4.69, 9.17) is 4.74 Å². The molecule has 0 aliphatic carbocycles. The minimum atomic E-state index is 0.361. The molecule has 0 saturated carbocycles. The van der Waals surface area contributed by atoms with Crippen molar-refractivity contribution in [3.8, 4) is 0 Å². The highest BCUT2D eigenvalue weighted by Gasteiger charge is 2.28. The summed E-state index contributed by atoms with van der Waals surface area (Å²) in [5.74, 6) is 0.574. The van der Waals surface area contributed by atoms with Gasteiger partial charge in [0.25, 0.3) is 0 Å². The quantitative estimate of drug-likeness (QED) is 0.835. The summed E-state index contributed by atoms with van der Waals surface area (Å²) in [5, 5.41) is 7.90. The normalized spacial score (nSPS) is 22.6.